The normalized spacial score (nSPS) is 17.9. The van der Waals surface area contributed by atoms with Gasteiger partial charge in [-0.15, -0.1) is 0 Å². The lowest BCUT2D eigenvalue weighted by Gasteiger charge is -2.24. The molecule has 2 atom stereocenters. The molecule has 0 N–H and O–H groups in total. The summed E-state index contributed by atoms with van der Waals surface area (Å²) in [6, 6.07) is 56.0. The molecule has 0 saturated carbocycles. The van der Waals surface area contributed by atoms with Gasteiger partial charge >= 0.3 is 0 Å². The predicted octanol–water partition coefficient (Wildman–Crippen LogP) is 10.9. The number of nitrogens with zero attached hydrogens (tertiary/aromatic N) is 1. The summed E-state index contributed by atoms with van der Waals surface area (Å²) >= 11 is 0. The molecule has 232 valence electrons. The van der Waals surface area contributed by atoms with Gasteiger partial charge in [-0.1, -0.05) is 140 Å². The van der Waals surface area contributed by atoms with Gasteiger partial charge in [-0.25, -0.2) is 0 Å². The van der Waals surface area contributed by atoms with E-state index in [9.17, 15) is 0 Å². The number of fused-ring (bicyclic) bond motifs is 4. The van der Waals surface area contributed by atoms with Crippen LogP contribution in [-0.4, -0.2) is 5.71 Å². The quantitative estimate of drug-likeness (QED) is 0.139. The average Bonchev–Trinajstić information content (AvgIpc) is 3.42. The predicted molar refractivity (Wildman–Crippen MR) is 208 cm³/mol. The minimum atomic E-state index is -3.26. The second-order valence-corrected chi connectivity index (χ2v) is 16.1. The molecule has 0 amide bonds. The van der Waals surface area contributed by atoms with Crippen LogP contribution in [0.5, 0.6) is 0 Å². The van der Waals surface area contributed by atoms with Crippen LogP contribution < -0.4 is 15.9 Å². The Balaban J connectivity index is 1.27. The Hall–Kier alpha value is -5.56. The average molecular weight is 646 g/mol. The summed E-state index contributed by atoms with van der Waals surface area (Å²) < 4.78 is 16.1. The zero-order valence-electron chi connectivity index (χ0n) is 27.1. The summed E-state index contributed by atoms with van der Waals surface area (Å²) in [4.78, 5) is 4.96. The maximum absolute atomic E-state index is 16.1. The molecule has 49 heavy (non-hydrogen) atoms. The highest BCUT2D eigenvalue weighted by Crippen LogP contribution is 2.53. The molecule has 0 radical (unpaired) electrons. The Bertz CT molecular complexity index is 2690. The van der Waals surface area contributed by atoms with Crippen molar-refractivity contribution in [2.75, 3.05) is 0 Å². The van der Waals surface area contributed by atoms with Crippen LogP contribution in [0.1, 0.15) is 24.0 Å². The first-order valence-electron chi connectivity index (χ1n) is 17.0. The molecule has 0 aromatic heterocycles. The van der Waals surface area contributed by atoms with Gasteiger partial charge in [-0.3, -0.25) is 4.99 Å². The molecular weight excluding hydrogens is 613 g/mol. The van der Waals surface area contributed by atoms with Crippen molar-refractivity contribution in [3.05, 3.63) is 169 Å². The fourth-order valence-electron chi connectivity index (χ4n) is 8.54. The monoisotopic (exact) mass is 645 g/mol. The molecule has 0 saturated heterocycles. The van der Waals surface area contributed by atoms with E-state index in [1.807, 2.05) is 36.4 Å². The molecule has 2 aliphatic rings. The van der Waals surface area contributed by atoms with Crippen molar-refractivity contribution in [2.45, 2.75) is 19.3 Å². The van der Waals surface area contributed by atoms with Gasteiger partial charge in [0, 0.05) is 27.5 Å². The lowest BCUT2D eigenvalue weighted by molar-refractivity contribution is 0.592. The first-order chi connectivity index (χ1) is 24.1. The van der Waals surface area contributed by atoms with E-state index in [2.05, 4.69) is 128 Å². The van der Waals surface area contributed by atoms with Gasteiger partial charge in [0.2, 0.25) is 0 Å². The minimum Gasteiger partial charge on any atom is -0.309 e. The van der Waals surface area contributed by atoms with Gasteiger partial charge in [0.15, 0.2) is 7.14 Å². The maximum Gasteiger partial charge on any atom is 0.171 e. The summed E-state index contributed by atoms with van der Waals surface area (Å²) in [6.07, 6.45) is 0.786. The number of aliphatic imine (C=N–C) groups is 1. The van der Waals surface area contributed by atoms with E-state index in [-0.39, 0.29) is 5.92 Å². The number of hydrogen-bond donors (Lipinski definition) is 0. The molecule has 3 heteroatoms. The standard InChI is InChI=1S/C46H32NOP/c1-29-40-27-32-23-25-34(28-43(32)49(48,35-14-3-2-4-15-35)42-21-11-20-41(47-29)46(40)42)45-38-18-9-7-16-36(38)44(37-17-8-10-19-39(37)45)33-24-22-30-12-5-6-13-31(30)26-33/h2-26,28,40H,27H2,1H3. The van der Waals surface area contributed by atoms with Crippen molar-refractivity contribution >= 4 is 66.8 Å². The van der Waals surface area contributed by atoms with E-state index in [1.165, 1.54) is 49.0 Å². The van der Waals surface area contributed by atoms with E-state index in [0.717, 1.165) is 50.4 Å². The third-order valence-corrected chi connectivity index (χ3v) is 14.0. The number of rotatable bonds is 3. The van der Waals surface area contributed by atoms with Crippen LogP contribution in [-0.2, 0) is 11.0 Å². The highest BCUT2D eigenvalue weighted by Gasteiger charge is 2.42. The van der Waals surface area contributed by atoms with Crippen LogP contribution in [0.15, 0.2) is 163 Å². The number of benzene rings is 8. The minimum absolute atomic E-state index is 0.123. The fourth-order valence-corrected chi connectivity index (χ4v) is 11.7. The lowest BCUT2D eigenvalue weighted by atomic mass is 9.85. The van der Waals surface area contributed by atoms with Crippen molar-refractivity contribution in [1.29, 1.82) is 0 Å². The van der Waals surface area contributed by atoms with Gasteiger partial charge in [0.05, 0.1) is 5.69 Å². The lowest BCUT2D eigenvalue weighted by Crippen LogP contribution is -2.27. The molecule has 0 bridgehead atoms. The molecular formula is C46H32NOP. The van der Waals surface area contributed by atoms with Crippen molar-refractivity contribution in [3.8, 4) is 22.3 Å². The smallest absolute Gasteiger partial charge is 0.171 e. The third kappa shape index (κ3) is 4.14. The molecule has 2 aliphatic heterocycles. The topological polar surface area (TPSA) is 29.4 Å². The van der Waals surface area contributed by atoms with E-state index >= 15 is 4.57 Å². The Morgan fingerprint density at radius 3 is 1.84 bits per heavy atom. The zero-order valence-corrected chi connectivity index (χ0v) is 28.0. The van der Waals surface area contributed by atoms with Crippen LogP contribution in [0.2, 0.25) is 0 Å². The summed E-state index contributed by atoms with van der Waals surface area (Å²) in [7, 11) is -3.26. The van der Waals surface area contributed by atoms with Crippen LogP contribution in [0.3, 0.4) is 0 Å². The molecule has 2 unspecified atom stereocenters. The van der Waals surface area contributed by atoms with Crippen LogP contribution in [0.4, 0.5) is 5.69 Å². The third-order valence-electron chi connectivity index (χ3n) is 10.8. The number of hydrogen-bond acceptors (Lipinski definition) is 2. The van der Waals surface area contributed by atoms with Crippen molar-refractivity contribution in [2.24, 2.45) is 4.99 Å². The highest BCUT2D eigenvalue weighted by molar-refractivity contribution is 7.85. The summed E-state index contributed by atoms with van der Waals surface area (Å²) in [5.41, 5.74) is 9.06. The van der Waals surface area contributed by atoms with Gasteiger partial charge in [-0.2, -0.15) is 0 Å². The molecule has 2 heterocycles. The Morgan fingerprint density at radius 2 is 1.14 bits per heavy atom. The van der Waals surface area contributed by atoms with Gasteiger partial charge < -0.3 is 4.57 Å². The molecule has 8 aromatic rings. The van der Waals surface area contributed by atoms with Gasteiger partial charge in [-0.05, 0) is 97.2 Å². The Kier molecular flexibility index (Phi) is 6.23. The van der Waals surface area contributed by atoms with E-state index in [0.29, 0.717) is 0 Å². The van der Waals surface area contributed by atoms with E-state index in [1.54, 1.807) is 0 Å². The molecule has 0 fully saturated rings. The van der Waals surface area contributed by atoms with Crippen LogP contribution in [0, 0.1) is 0 Å². The largest absolute Gasteiger partial charge is 0.309 e. The van der Waals surface area contributed by atoms with Gasteiger partial charge in [0.25, 0.3) is 0 Å². The SMILES string of the molecule is CC1=Nc2cccc3c2C1Cc1ccc(-c2c4ccccc4c(-c4ccc5ccccc5c4)c4ccccc24)cc1P3(=O)c1ccccc1. The summed E-state index contributed by atoms with van der Waals surface area (Å²) in [5.74, 6) is 0.123. The van der Waals surface area contributed by atoms with Gasteiger partial charge in [0.1, 0.15) is 0 Å². The first-order valence-corrected chi connectivity index (χ1v) is 18.7. The molecule has 8 aromatic carbocycles. The van der Waals surface area contributed by atoms with Crippen molar-refractivity contribution in [1.82, 2.24) is 0 Å². The van der Waals surface area contributed by atoms with Crippen molar-refractivity contribution < 1.29 is 4.57 Å². The molecule has 2 nitrogen and oxygen atoms in total. The Labute approximate surface area is 285 Å². The van der Waals surface area contributed by atoms with Crippen LogP contribution >= 0.6 is 7.14 Å². The van der Waals surface area contributed by atoms with E-state index in [4.69, 9.17) is 4.99 Å². The highest BCUT2D eigenvalue weighted by atomic mass is 31.2. The zero-order chi connectivity index (χ0) is 32.7. The first kappa shape index (κ1) is 28.5. The Morgan fingerprint density at radius 1 is 0.551 bits per heavy atom. The molecule has 0 spiro atoms. The maximum atomic E-state index is 16.1. The van der Waals surface area contributed by atoms with E-state index < -0.39 is 7.14 Å². The van der Waals surface area contributed by atoms with Crippen molar-refractivity contribution in [3.63, 3.8) is 0 Å². The van der Waals surface area contributed by atoms with Crippen LogP contribution in [0.25, 0.3) is 54.6 Å². The second kappa shape index (κ2) is 10.7. The second-order valence-electron chi connectivity index (χ2n) is 13.4. The summed E-state index contributed by atoms with van der Waals surface area (Å²) in [6.45, 7) is 2.12. The molecule has 0 aliphatic carbocycles. The molecule has 10 rings (SSSR count). The fraction of sp³-hybridized carbons (Fsp3) is 0.0652. The summed E-state index contributed by atoms with van der Waals surface area (Å²) in [5, 5.41) is 10.0.